The Balaban J connectivity index is 1.48. The summed E-state index contributed by atoms with van der Waals surface area (Å²) in [6.07, 6.45) is 6.49. The van der Waals surface area contributed by atoms with E-state index >= 15 is 0 Å². The number of aryl methyl sites for hydroxylation is 1. The van der Waals surface area contributed by atoms with Crippen molar-refractivity contribution in [2.75, 3.05) is 44.7 Å². The van der Waals surface area contributed by atoms with Gasteiger partial charge in [-0.05, 0) is 30.5 Å². The first kappa shape index (κ1) is 21.0. The number of aliphatic imine (C=N–C) groups is 2. The number of rotatable bonds is 7. The Bertz CT molecular complexity index is 773. The quantitative estimate of drug-likeness (QED) is 0.709. The van der Waals surface area contributed by atoms with Gasteiger partial charge < -0.3 is 9.80 Å². The summed E-state index contributed by atoms with van der Waals surface area (Å²) in [5, 5.41) is 9.26. The van der Waals surface area contributed by atoms with Gasteiger partial charge >= 0.3 is 0 Å². The Morgan fingerprint density at radius 2 is 1.86 bits per heavy atom. The first-order valence-electron chi connectivity index (χ1n) is 10.4. The number of nitrogens with zero attached hydrogens (tertiary/aromatic N) is 6. The second-order valence-corrected chi connectivity index (χ2v) is 7.63. The predicted octanol–water partition coefficient (Wildman–Crippen LogP) is 1.98. The lowest BCUT2D eigenvalue weighted by Crippen LogP contribution is -2.55. The molecule has 3 rings (SSSR count). The van der Waals surface area contributed by atoms with E-state index in [-0.39, 0.29) is 12.1 Å². The molecule has 0 spiro atoms. The molecule has 1 aromatic carbocycles. The number of likely N-dealkylation sites (N-methyl/N-ethyl adjacent to an activating group) is 1. The molecule has 154 valence electrons. The maximum Gasteiger partial charge on any atom is 0.242 e. The summed E-state index contributed by atoms with van der Waals surface area (Å²) in [4.78, 5) is 27.4. The zero-order chi connectivity index (χ0) is 20.6. The number of nitriles is 1. The lowest BCUT2D eigenvalue weighted by Gasteiger charge is -2.39. The van der Waals surface area contributed by atoms with Crippen LogP contribution in [0, 0.1) is 11.3 Å². The topological polar surface area (TPSA) is 75.3 Å². The number of hydrogen-bond acceptors (Lipinski definition) is 6. The third-order valence-electron chi connectivity index (χ3n) is 5.58. The zero-order valence-corrected chi connectivity index (χ0v) is 17.4. The van der Waals surface area contributed by atoms with E-state index in [0.717, 1.165) is 12.1 Å². The van der Waals surface area contributed by atoms with Gasteiger partial charge in [0.15, 0.2) is 6.04 Å². The molecular weight excluding hydrogens is 364 g/mol. The van der Waals surface area contributed by atoms with E-state index in [9.17, 15) is 10.1 Å². The Kier molecular flexibility index (Phi) is 7.36. The summed E-state index contributed by atoms with van der Waals surface area (Å²) in [7, 11) is 1.96. The van der Waals surface area contributed by atoms with Crippen molar-refractivity contribution in [2.45, 2.75) is 38.4 Å². The van der Waals surface area contributed by atoms with Gasteiger partial charge in [0, 0.05) is 51.3 Å². The fourth-order valence-corrected chi connectivity index (χ4v) is 3.74. The number of benzene rings is 1. The first-order valence-corrected chi connectivity index (χ1v) is 10.4. The molecule has 1 amide bonds. The van der Waals surface area contributed by atoms with E-state index in [1.165, 1.54) is 18.4 Å². The summed E-state index contributed by atoms with van der Waals surface area (Å²) in [6, 6.07) is 10.2. The maximum atomic E-state index is 12.8. The van der Waals surface area contributed by atoms with Crippen LogP contribution >= 0.6 is 0 Å². The van der Waals surface area contributed by atoms with Crippen molar-refractivity contribution in [3.63, 3.8) is 0 Å². The van der Waals surface area contributed by atoms with Crippen molar-refractivity contribution in [1.82, 2.24) is 9.80 Å². The van der Waals surface area contributed by atoms with Crippen LogP contribution in [0.25, 0.3) is 0 Å². The average Bonchev–Trinajstić information content (AvgIpc) is 2.78. The molecule has 2 unspecified atom stereocenters. The summed E-state index contributed by atoms with van der Waals surface area (Å²) >= 11 is 0. The monoisotopic (exact) mass is 394 g/mol. The SMILES string of the molecule is CCCCc1ccc(N(C)CC(=O)N2CCN(C3N=CC=NC3C#N)CC2)cc1. The molecule has 0 aromatic heterocycles. The fraction of sp³-hybridized carbons (Fsp3) is 0.545. The lowest BCUT2D eigenvalue weighted by atomic mass is 10.1. The second kappa shape index (κ2) is 10.2. The third kappa shape index (κ3) is 5.42. The van der Waals surface area contributed by atoms with E-state index < -0.39 is 6.04 Å². The number of unbranched alkanes of at least 4 members (excludes halogenated alkanes) is 1. The zero-order valence-electron chi connectivity index (χ0n) is 17.4. The molecule has 0 bridgehead atoms. The minimum absolute atomic E-state index is 0.129. The Hall–Kier alpha value is -2.72. The Labute approximate surface area is 173 Å². The van der Waals surface area contributed by atoms with Crippen molar-refractivity contribution >= 4 is 24.0 Å². The molecule has 0 radical (unpaired) electrons. The number of hydrogen-bond donors (Lipinski definition) is 0. The predicted molar refractivity (Wildman–Crippen MR) is 117 cm³/mol. The summed E-state index contributed by atoms with van der Waals surface area (Å²) in [5.41, 5.74) is 2.40. The van der Waals surface area contributed by atoms with Gasteiger partial charge in [0.25, 0.3) is 0 Å². The number of piperazine rings is 1. The van der Waals surface area contributed by atoms with Crippen LogP contribution in [0.4, 0.5) is 5.69 Å². The van der Waals surface area contributed by atoms with E-state index in [0.29, 0.717) is 32.7 Å². The van der Waals surface area contributed by atoms with Crippen molar-refractivity contribution in [3.8, 4) is 6.07 Å². The standard InChI is InChI=1S/C22H30N6O/c1-3-4-5-18-6-8-19(9-7-18)26(2)17-21(29)27-12-14-28(15-13-27)22-20(16-23)24-10-11-25-22/h6-11,20,22H,3-5,12-15,17H2,1-2H3. The van der Waals surface area contributed by atoms with Gasteiger partial charge in [-0.1, -0.05) is 25.5 Å². The van der Waals surface area contributed by atoms with Crippen LogP contribution in [0.2, 0.25) is 0 Å². The van der Waals surface area contributed by atoms with Crippen LogP contribution in [-0.2, 0) is 11.2 Å². The van der Waals surface area contributed by atoms with Crippen LogP contribution in [0.3, 0.4) is 0 Å². The molecular formula is C22H30N6O. The summed E-state index contributed by atoms with van der Waals surface area (Å²) in [5.74, 6) is 0.129. The lowest BCUT2D eigenvalue weighted by molar-refractivity contribution is -0.131. The normalized spacial score (nSPS) is 21.8. The molecule has 2 aliphatic heterocycles. The van der Waals surface area contributed by atoms with E-state index in [1.807, 2.05) is 16.8 Å². The van der Waals surface area contributed by atoms with Crippen molar-refractivity contribution in [2.24, 2.45) is 9.98 Å². The van der Waals surface area contributed by atoms with E-state index in [2.05, 4.69) is 52.1 Å². The van der Waals surface area contributed by atoms with Crippen LogP contribution in [0.5, 0.6) is 0 Å². The fourth-order valence-electron chi connectivity index (χ4n) is 3.74. The molecule has 1 saturated heterocycles. The third-order valence-corrected chi connectivity index (χ3v) is 5.58. The molecule has 2 aliphatic rings. The smallest absolute Gasteiger partial charge is 0.242 e. The number of amides is 1. The van der Waals surface area contributed by atoms with Crippen LogP contribution in [0.15, 0.2) is 34.3 Å². The van der Waals surface area contributed by atoms with E-state index in [1.54, 1.807) is 12.4 Å². The second-order valence-electron chi connectivity index (χ2n) is 7.63. The number of carbonyl (C=O) groups is 1. The van der Waals surface area contributed by atoms with Gasteiger partial charge in [-0.2, -0.15) is 5.26 Å². The molecule has 7 nitrogen and oxygen atoms in total. The average molecular weight is 395 g/mol. The molecule has 1 aromatic rings. The van der Waals surface area contributed by atoms with E-state index in [4.69, 9.17) is 0 Å². The largest absolute Gasteiger partial charge is 0.365 e. The highest BCUT2D eigenvalue weighted by atomic mass is 16.2. The van der Waals surface area contributed by atoms with Crippen LogP contribution < -0.4 is 4.90 Å². The van der Waals surface area contributed by atoms with Gasteiger partial charge in [-0.3, -0.25) is 19.7 Å². The maximum absolute atomic E-state index is 12.8. The minimum Gasteiger partial charge on any atom is -0.365 e. The summed E-state index contributed by atoms with van der Waals surface area (Å²) in [6.45, 7) is 5.27. The minimum atomic E-state index is -0.464. The molecule has 7 heteroatoms. The Morgan fingerprint density at radius 3 is 2.52 bits per heavy atom. The molecule has 2 atom stereocenters. The molecule has 1 fully saturated rings. The number of carbonyl (C=O) groups excluding carboxylic acids is 1. The highest BCUT2D eigenvalue weighted by molar-refractivity contribution is 6.16. The van der Waals surface area contributed by atoms with Crippen molar-refractivity contribution in [3.05, 3.63) is 29.8 Å². The van der Waals surface area contributed by atoms with Gasteiger partial charge in [-0.25, -0.2) is 0 Å². The Morgan fingerprint density at radius 1 is 1.17 bits per heavy atom. The number of anilines is 1. The molecule has 0 N–H and O–H groups in total. The van der Waals surface area contributed by atoms with Gasteiger partial charge in [0.1, 0.15) is 6.17 Å². The summed E-state index contributed by atoms with van der Waals surface area (Å²) < 4.78 is 0. The van der Waals surface area contributed by atoms with Crippen molar-refractivity contribution in [1.29, 1.82) is 5.26 Å². The van der Waals surface area contributed by atoms with Crippen molar-refractivity contribution < 1.29 is 4.79 Å². The highest BCUT2D eigenvalue weighted by Gasteiger charge is 2.31. The van der Waals surface area contributed by atoms with Gasteiger partial charge in [0.05, 0.1) is 12.6 Å². The highest BCUT2D eigenvalue weighted by Crippen LogP contribution is 2.17. The van der Waals surface area contributed by atoms with Gasteiger partial charge in [0.2, 0.25) is 5.91 Å². The molecule has 0 saturated carbocycles. The van der Waals surface area contributed by atoms with Crippen LogP contribution in [-0.4, -0.2) is 80.1 Å². The van der Waals surface area contributed by atoms with Crippen LogP contribution in [0.1, 0.15) is 25.3 Å². The van der Waals surface area contributed by atoms with Gasteiger partial charge in [-0.15, -0.1) is 0 Å². The molecule has 29 heavy (non-hydrogen) atoms. The first-order chi connectivity index (χ1) is 14.1. The molecule has 2 heterocycles. The molecule has 0 aliphatic carbocycles.